The number of anilines is 1. The summed E-state index contributed by atoms with van der Waals surface area (Å²) in [4.78, 5) is 18.9. The van der Waals surface area contributed by atoms with Crippen molar-refractivity contribution in [2.24, 2.45) is 0 Å². The van der Waals surface area contributed by atoms with Crippen LogP contribution in [-0.2, 0) is 12.0 Å². The summed E-state index contributed by atoms with van der Waals surface area (Å²) in [6, 6.07) is 5.55. The fourth-order valence-electron chi connectivity index (χ4n) is 3.88. The average Bonchev–Trinajstić information content (AvgIpc) is 3.34. The lowest BCUT2D eigenvalue weighted by Crippen LogP contribution is -2.38. The van der Waals surface area contributed by atoms with Crippen LogP contribution in [0.1, 0.15) is 52.1 Å². The number of methoxy groups -OCH3 is 2. The largest absolute Gasteiger partial charge is 0.497 e. The van der Waals surface area contributed by atoms with Gasteiger partial charge >= 0.3 is 0 Å². The number of hydrogen-bond acceptors (Lipinski definition) is 7. The van der Waals surface area contributed by atoms with E-state index in [4.69, 9.17) is 9.47 Å². The number of rotatable bonds is 6. The highest BCUT2D eigenvalue weighted by molar-refractivity contribution is 7.11. The summed E-state index contributed by atoms with van der Waals surface area (Å²) < 4.78 is 12.6. The van der Waals surface area contributed by atoms with Crippen LogP contribution in [0.2, 0.25) is 0 Å². The number of thiazole rings is 1. The Bertz CT molecular complexity index is 1060. The fraction of sp³-hybridized carbons (Fsp3) is 0.409. The second-order valence-corrected chi connectivity index (χ2v) is 9.43. The van der Waals surface area contributed by atoms with Gasteiger partial charge in [-0.2, -0.15) is 5.10 Å². The topological polar surface area (TPSA) is 78.3 Å². The highest BCUT2D eigenvalue weighted by atomic mass is 32.1. The fourth-order valence-corrected chi connectivity index (χ4v) is 4.71. The standard InChI is InChI=1S/C22H26N4O3S/c1-13-11-23-21(30-13)18-10-22(2,3)26-20(25-18)17(12-24-26)19(27)8-14-6-15(28-4)9-16(7-14)29-5/h6-7,9,11-12,18,25H,8,10H2,1-5H3. The van der Waals surface area contributed by atoms with Gasteiger partial charge in [0.05, 0.1) is 37.6 Å². The third kappa shape index (κ3) is 3.79. The molecule has 0 spiro atoms. The molecule has 0 saturated heterocycles. The number of aryl methyl sites for hydroxylation is 1. The first-order chi connectivity index (χ1) is 14.3. The smallest absolute Gasteiger partial charge is 0.172 e. The predicted molar refractivity (Wildman–Crippen MR) is 117 cm³/mol. The molecule has 8 heteroatoms. The maximum atomic E-state index is 13.2. The molecule has 3 heterocycles. The van der Waals surface area contributed by atoms with E-state index in [2.05, 4.69) is 36.2 Å². The Labute approximate surface area is 180 Å². The average molecular weight is 427 g/mol. The minimum Gasteiger partial charge on any atom is -0.497 e. The van der Waals surface area contributed by atoms with Crippen LogP contribution in [0.4, 0.5) is 5.82 Å². The Kier molecular flexibility index (Phi) is 5.27. The lowest BCUT2D eigenvalue weighted by Gasteiger charge is -2.37. The normalized spacial score (nSPS) is 17.2. The Balaban J connectivity index is 1.64. The van der Waals surface area contributed by atoms with Gasteiger partial charge in [0.15, 0.2) is 5.78 Å². The van der Waals surface area contributed by atoms with Gasteiger partial charge in [0, 0.05) is 23.6 Å². The number of carbonyl (C=O) groups is 1. The summed E-state index contributed by atoms with van der Waals surface area (Å²) in [5.74, 6) is 2.06. The van der Waals surface area contributed by atoms with Crippen molar-refractivity contribution in [3.8, 4) is 11.5 Å². The molecule has 1 aliphatic heterocycles. The Morgan fingerprint density at radius 3 is 2.53 bits per heavy atom. The van der Waals surface area contributed by atoms with Gasteiger partial charge in [-0.05, 0) is 44.9 Å². The van der Waals surface area contributed by atoms with Gasteiger partial charge in [-0.3, -0.25) is 4.79 Å². The number of Topliss-reactive ketones (excluding diaryl/α,β-unsaturated/α-hetero) is 1. The van der Waals surface area contributed by atoms with Crippen LogP contribution >= 0.6 is 11.3 Å². The Morgan fingerprint density at radius 2 is 1.93 bits per heavy atom. The number of carbonyl (C=O) groups excluding carboxylic acids is 1. The number of fused-ring (bicyclic) bond motifs is 1. The summed E-state index contributed by atoms with van der Waals surface area (Å²) in [6.45, 7) is 6.33. The second-order valence-electron chi connectivity index (χ2n) is 8.16. The zero-order valence-corrected chi connectivity index (χ0v) is 18.7. The number of benzene rings is 1. The molecular formula is C22H26N4O3S. The van der Waals surface area contributed by atoms with E-state index in [0.717, 1.165) is 22.8 Å². The zero-order valence-electron chi connectivity index (χ0n) is 17.9. The molecule has 0 saturated carbocycles. The minimum atomic E-state index is -0.234. The van der Waals surface area contributed by atoms with Crippen molar-refractivity contribution < 1.29 is 14.3 Å². The molecule has 1 aliphatic rings. The van der Waals surface area contributed by atoms with Gasteiger partial charge in [-0.15, -0.1) is 11.3 Å². The van der Waals surface area contributed by atoms with Gasteiger partial charge in [0.1, 0.15) is 22.3 Å². The molecule has 4 rings (SSSR count). The van der Waals surface area contributed by atoms with E-state index in [1.807, 2.05) is 23.0 Å². The predicted octanol–water partition coefficient (Wildman–Crippen LogP) is 4.38. The lowest BCUT2D eigenvalue weighted by atomic mass is 9.92. The van der Waals surface area contributed by atoms with E-state index in [1.165, 1.54) is 4.88 Å². The third-order valence-electron chi connectivity index (χ3n) is 5.37. The van der Waals surface area contributed by atoms with Crippen molar-refractivity contribution in [1.82, 2.24) is 14.8 Å². The molecule has 3 aromatic rings. The Morgan fingerprint density at radius 1 is 1.23 bits per heavy atom. The van der Waals surface area contributed by atoms with Crippen molar-refractivity contribution >= 4 is 22.9 Å². The molecule has 158 valence electrons. The van der Waals surface area contributed by atoms with E-state index >= 15 is 0 Å². The number of nitrogens with zero attached hydrogens (tertiary/aromatic N) is 3. The number of aromatic nitrogens is 3. The highest BCUT2D eigenvalue weighted by Gasteiger charge is 2.37. The van der Waals surface area contributed by atoms with Crippen molar-refractivity contribution in [3.63, 3.8) is 0 Å². The maximum Gasteiger partial charge on any atom is 0.172 e. The molecule has 2 aromatic heterocycles. The first kappa shape index (κ1) is 20.4. The number of hydrogen-bond donors (Lipinski definition) is 1. The van der Waals surface area contributed by atoms with Gasteiger partial charge in [-0.25, -0.2) is 9.67 Å². The van der Waals surface area contributed by atoms with E-state index in [0.29, 0.717) is 17.1 Å². The molecule has 0 aliphatic carbocycles. The van der Waals surface area contributed by atoms with Crippen LogP contribution in [0.15, 0.2) is 30.6 Å². The van der Waals surface area contributed by atoms with Crippen LogP contribution in [0.25, 0.3) is 0 Å². The molecule has 1 unspecified atom stereocenters. The van der Waals surface area contributed by atoms with Gasteiger partial charge in [-0.1, -0.05) is 0 Å². The lowest BCUT2D eigenvalue weighted by molar-refractivity contribution is 0.0993. The maximum absolute atomic E-state index is 13.2. The quantitative estimate of drug-likeness (QED) is 0.589. The molecule has 0 fully saturated rings. The van der Waals surface area contributed by atoms with Crippen LogP contribution in [0.3, 0.4) is 0 Å². The first-order valence-corrected chi connectivity index (χ1v) is 10.6. The summed E-state index contributed by atoms with van der Waals surface area (Å²) >= 11 is 1.68. The van der Waals surface area contributed by atoms with Crippen LogP contribution < -0.4 is 14.8 Å². The van der Waals surface area contributed by atoms with Crippen molar-refractivity contribution in [3.05, 3.63) is 51.6 Å². The molecular weight excluding hydrogens is 400 g/mol. The number of ether oxygens (including phenoxy) is 2. The van der Waals surface area contributed by atoms with Gasteiger partial charge < -0.3 is 14.8 Å². The minimum absolute atomic E-state index is 0.00849. The summed E-state index contributed by atoms with van der Waals surface area (Å²) in [6.07, 6.45) is 4.63. The van der Waals surface area contributed by atoms with Gasteiger partial charge in [0.25, 0.3) is 0 Å². The zero-order chi connectivity index (χ0) is 21.5. The van der Waals surface area contributed by atoms with E-state index in [1.54, 1.807) is 37.8 Å². The third-order valence-corrected chi connectivity index (χ3v) is 6.40. The molecule has 1 N–H and O–H groups in total. The first-order valence-electron chi connectivity index (χ1n) is 9.83. The number of nitrogens with one attached hydrogen (secondary N) is 1. The monoisotopic (exact) mass is 426 g/mol. The summed E-state index contributed by atoms with van der Waals surface area (Å²) in [5, 5.41) is 9.09. The van der Waals surface area contributed by atoms with Crippen LogP contribution in [-0.4, -0.2) is 34.8 Å². The highest BCUT2D eigenvalue weighted by Crippen LogP contribution is 2.41. The molecule has 0 bridgehead atoms. The van der Waals surface area contributed by atoms with Crippen molar-refractivity contribution in [2.75, 3.05) is 19.5 Å². The van der Waals surface area contributed by atoms with E-state index in [-0.39, 0.29) is 23.8 Å². The summed E-state index contributed by atoms with van der Waals surface area (Å²) in [7, 11) is 3.20. The molecule has 7 nitrogen and oxygen atoms in total. The summed E-state index contributed by atoms with van der Waals surface area (Å²) in [5.41, 5.74) is 1.18. The van der Waals surface area contributed by atoms with E-state index < -0.39 is 0 Å². The van der Waals surface area contributed by atoms with Crippen LogP contribution in [0.5, 0.6) is 11.5 Å². The van der Waals surface area contributed by atoms with Gasteiger partial charge in [0.2, 0.25) is 0 Å². The second kappa shape index (κ2) is 7.75. The molecule has 1 aromatic carbocycles. The Hall–Kier alpha value is -2.87. The SMILES string of the molecule is COc1cc(CC(=O)c2cnn3c2NC(c2ncc(C)s2)CC3(C)C)cc(OC)c1. The van der Waals surface area contributed by atoms with Crippen molar-refractivity contribution in [1.29, 1.82) is 0 Å². The van der Waals surface area contributed by atoms with E-state index in [9.17, 15) is 4.79 Å². The number of ketones is 1. The molecule has 30 heavy (non-hydrogen) atoms. The molecule has 1 atom stereocenters. The molecule has 0 amide bonds. The van der Waals surface area contributed by atoms with Crippen molar-refractivity contribution in [2.45, 2.75) is 45.2 Å². The molecule has 0 radical (unpaired) electrons. The van der Waals surface area contributed by atoms with Crippen LogP contribution in [0, 0.1) is 6.92 Å².